The summed E-state index contributed by atoms with van der Waals surface area (Å²) in [5.74, 6) is 0.00747. The molecule has 172 valence electrons. The number of halogens is 1. The molecular formula is C26H22ClN3O3S. The zero-order valence-electron chi connectivity index (χ0n) is 18.6. The van der Waals surface area contributed by atoms with Crippen molar-refractivity contribution in [2.24, 2.45) is 4.99 Å². The van der Waals surface area contributed by atoms with Gasteiger partial charge in [-0.15, -0.1) is 0 Å². The molecule has 3 aromatic carbocycles. The molecule has 1 fully saturated rings. The molecule has 8 heteroatoms. The number of rotatable bonds is 6. The number of nitrogens with one attached hydrogen (secondary N) is 2. The molecule has 1 saturated heterocycles. The van der Waals surface area contributed by atoms with Crippen molar-refractivity contribution in [3.05, 3.63) is 93.3 Å². The maximum absolute atomic E-state index is 12.4. The van der Waals surface area contributed by atoms with E-state index in [1.165, 1.54) is 11.8 Å². The summed E-state index contributed by atoms with van der Waals surface area (Å²) in [4.78, 5) is 29.6. The van der Waals surface area contributed by atoms with Crippen LogP contribution in [-0.2, 0) is 9.59 Å². The normalized spacial score (nSPS) is 15.4. The average molecular weight is 492 g/mol. The molecule has 0 spiro atoms. The van der Waals surface area contributed by atoms with E-state index in [9.17, 15) is 9.59 Å². The Morgan fingerprint density at radius 2 is 1.91 bits per heavy atom. The monoisotopic (exact) mass is 491 g/mol. The van der Waals surface area contributed by atoms with Crippen molar-refractivity contribution in [2.75, 3.05) is 11.9 Å². The van der Waals surface area contributed by atoms with Gasteiger partial charge in [0.2, 0.25) is 0 Å². The Balaban J connectivity index is 1.38. The van der Waals surface area contributed by atoms with Crippen LogP contribution in [0.2, 0.25) is 5.02 Å². The van der Waals surface area contributed by atoms with E-state index in [1.54, 1.807) is 36.4 Å². The second-order valence-corrected chi connectivity index (χ2v) is 9.13. The number of aryl methyl sites for hydroxylation is 2. The Hall–Kier alpha value is -3.55. The highest BCUT2D eigenvalue weighted by molar-refractivity contribution is 8.18. The number of aliphatic imine (C=N–C) groups is 1. The highest BCUT2D eigenvalue weighted by Crippen LogP contribution is 2.29. The summed E-state index contributed by atoms with van der Waals surface area (Å²) >= 11 is 7.37. The van der Waals surface area contributed by atoms with Crippen LogP contribution >= 0.6 is 23.4 Å². The number of anilines is 1. The minimum atomic E-state index is -0.300. The van der Waals surface area contributed by atoms with E-state index in [4.69, 9.17) is 16.3 Å². The maximum atomic E-state index is 12.4. The highest BCUT2D eigenvalue weighted by atomic mass is 35.5. The third kappa shape index (κ3) is 6.27. The number of ether oxygens (including phenoxy) is 1. The molecule has 34 heavy (non-hydrogen) atoms. The summed E-state index contributed by atoms with van der Waals surface area (Å²) in [6.45, 7) is 3.74. The van der Waals surface area contributed by atoms with Crippen molar-refractivity contribution in [1.82, 2.24) is 5.32 Å². The molecule has 2 N–H and O–H groups in total. The van der Waals surface area contributed by atoms with Gasteiger partial charge in [0.25, 0.3) is 11.8 Å². The molecule has 3 aromatic rings. The lowest BCUT2D eigenvalue weighted by Gasteiger charge is -2.09. The molecule has 0 radical (unpaired) electrons. The van der Waals surface area contributed by atoms with E-state index in [0.29, 0.717) is 26.5 Å². The Morgan fingerprint density at radius 3 is 2.68 bits per heavy atom. The van der Waals surface area contributed by atoms with E-state index in [1.807, 2.05) is 50.2 Å². The summed E-state index contributed by atoms with van der Waals surface area (Å²) in [6, 6.07) is 20.3. The number of amidine groups is 1. The van der Waals surface area contributed by atoms with E-state index in [-0.39, 0.29) is 18.4 Å². The van der Waals surface area contributed by atoms with Crippen LogP contribution in [0.1, 0.15) is 16.7 Å². The van der Waals surface area contributed by atoms with Crippen LogP contribution in [0.5, 0.6) is 5.75 Å². The van der Waals surface area contributed by atoms with Crippen molar-refractivity contribution in [3.8, 4) is 5.75 Å². The largest absolute Gasteiger partial charge is 0.484 e. The van der Waals surface area contributed by atoms with Gasteiger partial charge in [-0.25, -0.2) is 4.99 Å². The number of amides is 2. The summed E-state index contributed by atoms with van der Waals surface area (Å²) in [5.41, 5.74) is 4.24. The third-order valence-corrected chi connectivity index (χ3v) is 6.21. The fourth-order valence-corrected chi connectivity index (χ4v) is 4.10. The van der Waals surface area contributed by atoms with Crippen LogP contribution in [0.25, 0.3) is 6.08 Å². The number of hydrogen-bond acceptors (Lipinski definition) is 5. The molecule has 0 bridgehead atoms. The van der Waals surface area contributed by atoms with Gasteiger partial charge >= 0.3 is 0 Å². The van der Waals surface area contributed by atoms with Gasteiger partial charge in [0, 0.05) is 10.7 Å². The second-order valence-electron chi connectivity index (χ2n) is 7.69. The van der Waals surface area contributed by atoms with Gasteiger partial charge in [-0.2, -0.15) is 0 Å². The summed E-state index contributed by atoms with van der Waals surface area (Å²) in [6.07, 6.45) is 1.76. The fourth-order valence-electron chi connectivity index (χ4n) is 3.08. The first-order valence-corrected chi connectivity index (χ1v) is 11.7. The zero-order valence-corrected chi connectivity index (χ0v) is 20.2. The smallest absolute Gasteiger partial charge is 0.264 e. The number of carbonyl (C=O) groups excluding carboxylic acids is 2. The number of nitrogens with zero attached hydrogens (tertiary/aromatic N) is 1. The van der Waals surface area contributed by atoms with E-state index in [0.717, 1.165) is 22.4 Å². The Morgan fingerprint density at radius 1 is 1.12 bits per heavy atom. The molecule has 6 nitrogen and oxygen atoms in total. The van der Waals surface area contributed by atoms with Crippen LogP contribution in [0.4, 0.5) is 11.4 Å². The van der Waals surface area contributed by atoms with Gasteiger partial charge in [0.1, 0.15) is 5.75 Å². The molecule has 1 aliphatic rings. The van der Waals surface area contributed by atoms with Gasteiger partial charge in [0.05, 0.1) is 10.6 Å². The van der Waals surface area contributed by atoms with E-state index in [2.05, 4.69) is 15.6 Å². The molecule has 1 aliphatic heterocycles. The van der Waals surface area contributed by atoms with Crippen LogP contribution in [0, 0.1) is 13.8 Å². The summed E-state index contributed by atoms with van der Waals surface area (Å²) < 4.78 is 5.63. The number of hydrogen-bond donors (Lipinski definition) is 2. The van der Waals surface area contributed by atoms with Crippen molar-refractivity contribution >= 4 is 57.8 Å². The summed E-state index contributed by atoms with van der Waals surface area (Å²) in [7, 11) is 0. The van der Waals surface area contributed by atoms with Crippen LogP contribution in [0.15, 0.2) is 76.6 Å². The number of thioether (sulfide) groups is 1. The third-order valence-electron chi connectivity index (χ3n) is 4.90. The fraction of sp³-hybridized carbons (Fsp3) is 0.115. The van der Waals surface area contributed by atoms with E-state index < -0.39 is 0 Å². The van der Waals surface area contributed by atoms with Crippen LogP contribution in [0.3, 0.4) is 0 Å². The molecule has 0 saturated carbocycles. The Kier molecular flexibility index (Phi) is 7.35. The molecule has 0 atom stereocenters. The van der Waals surface area contributed by atoms with Crippen molar-refractivity contribution in [2.45, 2.75) is 13.8 Å². The Bertz CT molecular complexity index is 1300. The van der Waals surface area contributed by atoms with Gasteiger partial charge in [0.15, 0.2) is 11.8 Å². The first-order valence-electron chi connectivity index (χ1n) is 10.5. The molecular weight excluding hydrogens is 470 g/mol. The quantitative estimate of drug-likeness (QED) is 0.423. The van der Waals surface area contributed by atoms with Crippen LogP contribution < -0.4 is 15.4 Å². The zero-order chi connectivity index (χ0) is 24.1. The Labute approximate surface area is 207 Å². The van der Waals surface area contributed by atoms with Crippen molar-refractivity contribution < 1.29 is 14.3 Å². The molecule has 1 heterocycles. The first kappa shape index (κ1) is 23.6. The average Bonchev–Trinajstić information content (AvgIpc) is 3.15. The maximum Gasteiger partial charge on any atom is 0.264 e. The van der Waals surface area contributed by atoms with Crippen molar-refractivity contribution in [3.63, 3.8) is 0 Å². The predicted molar refractivity (Wildman–Crippen MR) is 139 cm³/mol. The predicted octanol–water partition coefficient (Wildman–Crippen LogP) is 5.87. The van der Waals surface area contributed by atoms with Gasteiger partial charge in [-0.3, -0.25) is 9.59 Å². The highest BCUT2D eigenvalue weighted by Gasteiger charge is 2.23. The van der Waals surface area contributed by atoms with Gasteiger partial charge in [-0.05, 0) is 79.2 Å². The summed E-state index contributed by atoms with van der Waals surface area (Å²) in [5, 5.41) is 6.65. The van der Waals surface area contributed by atoms with Gasteiger partial charge < -0.3 is 15.4 Å². The lowest BCUT2D eigenvalue weighted by atomic mass is 10.2. The lowest BCUT2D eigenvalue weighted by molar-refractivity contribution is -0.118. The minimum absolute atomic E-state index is 0.159. The topological polar surface area (TPSA) is 79.8 Å². The molecule has 0 unspecified atom stereocenters. The molecule has 2 amide bonds. The standard InChI is InChI=1S/C26H22ClN3O3S/c1-16-6-9-19(10-7-16)29-26-30-25(32)23(34-26)13-18-4-3-5-21(12-18)33-15-24(31)28-20-11-8-17(2)22(27)14-20/h3-14H,15H2,1-2H3,(H,28,31)(H,29,30,32)/b23-13-. The molecule has 0 aromatic heterocycles. The van der Waals surface area contributed by atoms with Crippen molar-refractivity contribution in [1.29, 1.82) is 0 Å². The van der Waals surface area contributed by atoms with Crippen LogP contribution in [-0.4, -0.2) is 23.6 Å². The van der Waals surface area contributed by atoms with Gasteiger partial charge in [-0.1, -0.05) is 47.5 Å². The van der Waals surface area contributed by atoms with E-state index >= 15 is 0 Å². The number of benzene rings is 3. The second kappa shape index (κ2) is 10.6. The first-order chi connectivity index (χ1) is 16.4. The minimum Gasteiger partial charge on any atom is -0.484 e. The molecule has 0 aliphatic carbocycles. The number of carbonyl (C=O) groups is 2. The SMILES string of the molecule is Cc1ccc(N=C2NC(=O)/C(=C/c3cccc(OCC(=O)Nc4ccc(C)c(Cl)c4)c3)S2)cc1. The molecule has 4 rings (SSSR count). The lowest BCUT2D eigenvalue weighted by Crippen LogP contribution is -2.20.